The highest BCUT2D eigenvalue weighted by atomic mass is 32.2. The highest BCUT2D eigenvalue weighted by molar-refractivity contribution is 7.99. The molecule has 170 valence electrons. The third kappa shape index (κ3) is 5.08. The Morgan fingerprint density at radius 2 is 1.72 bits per heavy atom. The molecular formula is C22H26N4O5S. The number of carbonyl (C=O) groups is 1. The number of hydrogen-bond acceptors (Lipinski definition) is 8. The smallest absolute Gasteiger partial charge is 0.234 e. The fraction of sp³-hybridized carbons (Fsp3) is 0.318. The average Bonchev–Trinajstić information content (AvgIpc) is 3.18. The average molecular weight is 459 g/mol. The summed E-state index contributed by atoms with van der Waals surface area (Å²) >= 11 is 1.29. The second-order valence-electron chi connectivity index (χ2n) is 6.55. The molecule has 0 spiro atoms. The molecule has 0 aliphatic heterocycles. The quantitative estimate of drug-likeness (QED) is 0.460. The lowest BCUT2D eigenvalue weighted by molar-refractivity contribution is -0.113. The predicted molar refractivity (Wildman–Crippen MR) is 123 cm³/mol. The largest absolute Gasteiger partial charge is 0.493 e. The normalized spacial score (nSPS) is 10.5. The van der Waals surface area contributed by atoms with E-state index in [4.69, 9.17) is 18.9 Å². The Morgan fingerprint density at radius 3 is 2.34 bits per heavy atom. The number of nitrogens with zero attached hydrogens (tertiary/aromatic N) is 3. The molecule has 3 aromatic rings. The fourth-order valence-electron chi connectivity index (χ4n) is 3.07. The molecule has 0 bridgehead atoms. The van der Waals surface area contributed by atoms with Crippen LogP contribution in [0.3, 0.4) is 0 Å². The molecule has 10 heteroatoms. The van der Waals surface area contributed by atoms with Crippen LogP contribution in [0, 0.1) is 0 Å². The highest BCUT2D eigenvalue weighted by Crippen LogP contribution is 2.41. The Morgan fingerprint density at radius 1 is 1.03 bits per heavy atom. The van der Waals surface area contributed by atoms with Crippen molar-refractivity contribution in [1.29, 1.82) is 0 Å². The Kier molecular flexibility index (Phi) is 7.82. The van der Waals surface area contributed by atoms with Crippen LogP contribution < -0.4 is 24.3 Å². The van der Waals surface area contributed by atoms with Gasteiger partial charge in [0.1, 0.15) is 5.75 Å². The summed E-state index contributed by atoms with van der Waals surface area (Å²) in [6, 6.07) is 10.9. The lowest BCUT2D eigenvalue weighted by atomic mass is 10.1. The summed E-state index contributed by atoms with van der Waals surface area (Å²) in [5.74, 6) is 2.78. The van der Waals surface area contributed by atoms with E-state index in [9.17, 15) is 4.79 Å². The molecule has 1 N–H and O–H groups in total. The van der Waals surface area contributed by atoms with E-state index < -0.39 is 0 Å². The van der Waals surface area contributed by atoms with Gasteiger partial charge in [-0.3, -0.25) is 4.79 Å². The molecule has 0 saturated heterocycles. The van der Waals surface area contributed by atoms with Gasteiger partial charge in [0.2, 0.25) is 11.7 Å². The summed E-state index contributed by atoms with van der Waals surface area (Å²) in [6.07, 6.45) is 0. The molecule has 2 aromatic carbocycles. The van der Waals surface area contributed by atoms with Gasteiger partial charge in [-0.1, -0.05) is 23.9 Å². The Labute approximate surface area is 191 Å². The summed E-state index contributed by atoms with van der Waals surface area (Å²) < 4.78 is 23.6. The Bertz CT molecular complexity index is 1060. The summed E-state index contributed by atoms with van der Waals surface area (Å²) in [5, 5.41) is 12.0. The standard InChI is InChI=1S/C22H26N4O5S/c1-6-31-16-10-8-7-9-15(16)23-19(27)13-32-22-25-24-21(26(22)2)14-11-17(28-3)20(30-5)18(12-14)29-4/h7-12H,6,13H2,1-5H3,(H,23,27). The van der Waals surface area contributed by atoms with E-state index in [0.717, 1.165) is 5.56 Å². The first-order valence-electron chi connectivity index (χ1n) is 9.86. The van der Waals surface area contributed by atoms with Crippen molar-refractivity contribution in [3.8, 4) is 34.4 Å². The number of anilines is 1. The van der Waals surface area contributed by atoms with Crippen LogP contribution in [0.15, 0.2) is 41.6 Å². The number of nitrogens with one attached hydrogen (secondary N) is 1. The lowest BCUT2D eigenvalue weighted by Crippen LogP contribution is -2.15. The van der Waals surface area contributed by atoms with E-state index >= 15 is 0 Å². The summed E-state index contributed by atoms with van der Waals surface area (Å²) in [7, 11) is 6.50. The molecule has 32 heavy (non-hydrogen) atoms. The Hall–Kier alpha value is -3.40. The van der Waals surface area contributed by atoms with Gasteiger partial charge in [-0.15, -0.1) is 10.2 Å². The molecule has 0 unspecified atom stereocenters. The number of para-hydroxylation sites is 2. The molecule has 0 fully saturated rings. The van der Waals surface area contributed by atoms with Gasteiger partial charge in [0, 0.05) is 12.6 Å². The van der Waals surface area contributed by atoms with Crippen molar-refractivity contribution in [2.45, 2.75) is 12.1 Å². The van der Waals surface area contributed by atoms with Gasteiger partial charge in [-0.05, 0) is 31.2 Å². The maximum absolute atomic E-state index is 12.5. The van der Waals surface area contributed by atoms with E-state index in [1.807, 2.05) is 36.7 Å². The van der Waals surface area contributed by atoms with Crippen LogP contribution in [-0.2, 0) is 11.8 Å². The molecule has 0 saturated carbocycles. The van der Waals surface area contributed by atoms with Crippen molar-refractivity contribution in [3.63, 3.8) is 0 Å². The Balaban J connectivity index is 1.74. The molecule has 1 aromatic heterocycles. The monoisotopic (exact) mass is 458 g/mol. The van der Waals surface area contributed by atoms with Gasteiger partial charge < -0.3 is 28.8 Å². The number of amides is 1. The molecule has 0 aliphatic rings. The van der Waals surface area contributed by atoms with E-state index in [2.05, 4.69) is 15.5 Å². The molecule has 0 atom stereocenters. The number of methoxy groups -OCH3 is 3. The second-order valence-corrected chi connectivity index (χ2v) is 7.49. The van der Waals surface area contributed by atoms with Crippen LogP contribution in [-0.4, -0.2) is 54.4 Å². The number of aromatic nitrogens is 3. The second kappa shape index (κ2) is 10.8. The van der Waals surface area contributed by atoms with Gasteiger partial charge in [-0.25, -0.2) is 0 Å². The van der Waals surface area contributed by atoms with Crippen molar-refractivity contribution >= 4 is 23.4 Å². The lowest BCUT2D eigenvalue weighted by Gasteiger charge is -2.14. The van der Waals surface area contributed by atoms with Crippen LogP contribution in [0.25, 0.3) is 11.4 Å². The SMILES string of the molecule is CCOc1ccccc1NC(=O)CSc1nnc(-c2cc(OC)c(OC)c(OC)c2)n1C. The molecule has 3 rings (SSSR count). The number of ether oxygens (including phenoxy) is 4. The first-order chi connectivity index (χ1) is 15.5. The summed E-state index contributed by atoms with van der Waals surface area (Å²) in [4.78, 5) is 12.5. The minimum absolute atomic E-state index is 0.167. The first-order valence-corrected chi connectivity index (χ1v) is 10.8. The minimum atomic E-state index is -0.167. The van der Waals surface area contributed by atoms with E-state index in [0.29, 0.717) is 46.3 Å². The van der Waals surface area contributed by atoms with Gasteiger partial charge >= 0.3 is 0 Å². The number of benzene rings is 2. The van der Waals surface area contributed by atoms with E-state index in [1.165, 1.54) is 11.8 Å². The number of hydrogen-bond donors (Lipinski definition) is 1. The topological polar surface area (TPSA) is 96.7 Å². The summed E-state index contributed by atoms with van der Waals surface area (Å²) in [6.45, 7) is 2.42. The molecule has 1 amide bonds. The fourth-order valence-corrected chi connectivity index (χ4v) is 3.78. The molecule has 0 radical (unpaired) electrons. The first kappa shape index (κ1) is 23.3. The number of thioether (sulfide) groups is 1. The molecule has 9 nitrogen and oxygen atoms in total. The number of carbonyl (C=O) groups excluding carboxylic acids is 1. The van der Waals surface area contributed by atoms with Crippen molar-refractivity contribution in [2.24, 2.45) is 7.05 Å². The van der Waals surface area contributed by atoms with E-state index in [1.54, 1.807) is 39.5 Å². The van der Waals surface area contributed by atoms with Gasteiger partial charge in [-0.2, -0.15) is 0 Å². The maximum atomic E-state index is 12.5. The number of rotatable bonds is 10. The van der Waals surface area contributed by atoms with Crippen LogP contribution in [0.1, 0.15) is 6.92 Å². The zero-order valence-electron chi connectivity index (χ0n) is 18.7. The highest BCUT2D eigenvalue weighted by Gasteiger charge is 2.19. The maximum Gasteiger partial charge on any atom is 0.234 e. The van der Waals surface area contributed by atoms with Crippen LogP contribution in [0.5, 0.6) is 23.0 Å². The van der Waals surface area contributed by atoms with Crippen molar-refractivity contribution in [3.05, 3.63) is 36.4 Å². The van der Waals surface area contributed by atoms with Gasteiger partial charge in [0.05, 0.1) is 39.4 Å². The van der Waals surface area contributed by atoms with Gasteiger partial charge in [0.25, 0.3) is 0 Å². The molecular weight excluding hydrogens is 432 g/mol. The van der Waals surface area contributed by atoms with Crippen molar-refractivity contribution < 1.29 is 23.7 Å². The van der Waals surface area contributed by atoms with Crippen LogP contribution in [0.4, 0.5) is 5.69 Å². The van der Waals surface area contributed by atoms with Crippen molar-refractivity contribution in [2.75, 3.05) is 39.0 Å². The third-order valence-corrected chi connectivity index (χ3v) is 5.57. The third-order valence-electron chi connectivity index (χ3n) is 4.55. The summed E-state index contributed by atoms with van der Waals surface area (Å²) in [5.41, 5.74) is 1.38. The van der Waals surface area contributed by atoms with Gasteiger partial charge in [0.15, 0.2) is 22.5 Å². The molecule has 0 aliphatic carbocycles. The van der Waals surface area contributed by atoms with Crippen LogP contribution in [0.2, 0.25) is 0 Å². The minimum Gasteiger partial charge on any atom is -0.493 e. The predicted octanol–water partition coefficient (Wildman–Crippen LogP) is 3.64. The van der Waals surface area contributed by atoms with Crippen molar-refractivity contribution in [1.82, 2.24) is 14.8 Å². The van der Waals surface area contributed by atoms with E-state index in [-0.39, 0.29) is 11.7 Å². The zero-order valence-corrected chi connectivity index (χ0v) is 19.5. The molecule has 1 heterocycles. The van der Waals surface area contributed by atoms with Crippen LogP contribution >= 0.6 is 11.8 Å². The zero-order chi connectivity index (χ0) is 23.1.